The minimum atomic E-state index is -3.23. The monoisotopic (exact) mass is 369 g/mol. The van der Waals surface area contributed by atoms with Gasteiger partial charge in [0.05, 0.1) is 23.1 Å². The summed E-state index contributed by atoms with van der Waals surface area (Å²) in [5.41, 5.74) is 2.51. The lowest BCUT2D eigenvalue weighted by atomic mass is 10.1. The predicted octanol–water partition coefficient (Wildman–Crippen LogP) is 2.37. The Hall–Kier alpha value is -2.85. The standard InChI is InChI=1S/C19H19N3O3S/c1-21(14-16-5-2-4-15(12-16)13-20)19(23)17-6-8-18(9-7-17)22-10-3-11-26(22,24)25/h2,4-9,12H,3,10-11,14H2,1H3. The maximum atomic E-state index is 12.6. The van der Waals surface area contributed by atoms with Crippen LogP contribution in [0.3, 0.4) is 0 Å². The average Bonchev–Trinajstić information content (AvgIpc) is 3.00. The van der Waals surface area contributed by atoms with Crippen molar-refractivity contribution >= 4 is 21.6 Å². The Morgan fingerprint density at radius 2 is 1.96 bits per heavy atom. The second-order valence-electron chi connectivity index (χ2n) is 6.26. The third kappa shape index (κ3) is 3.70. The lowest BCUT2D eigenvalue weighted by Gasteiger charge is -2.19. The Bertz CT molecular complexity index is 962. The smallest absolute Gasteiger partial charge is 0.253 e. The van der Waals surface area contributed by atoms with Crippen LogP contribution >= 0.6 is 0 Å². The van der Waals surface area contributed by atoms with E-state index in [1.807, 2.05) is 6.07 Å². The van der Waals surface area contributed by atoms with Crippen LogP contribution in [0.25, 0.3) is 0 Å². The van der Waals surface area contributed by atoms with Crippen molar-refractivity contribution in [2.24, 2.45) is 0 Å². The summed E-state index contributed by atoms with van der Waals surface area (Å²) in [5.74, 6) is 0.00115. The van der Waals surface area contributed by atoms with Gasteiger partial charge in [0.2, 0.25) is 10.0 Å². The molecule has 6 nitrogen and oxygen atoms in total. The number of carbonyl (C=O) groups excluding carboxylic acids is 1. The van der Waals surface area contributed by atoms with E-state index in [-0.39, 0.29) is 11.7 Å². The largest absolute Gasteiger partial charge is 0.337 e. The minimum Gasteiger partial charge on any atom is -0.337 e. The number of sulfonamides is 1. The van der Waals surface area contributed by atoms with Crippen LogP contribution in [0, 0.1) is 11.3 Å². The van der Waals surface area contributed by atoms with Gasteiger partial charge in [-0.3, -0.25) is 9.10 Å². The van der Waals surface area contributed by atoms with Gasteiger partial charge in [-0.15, -0.1) is 0 Å². The van der Waals surface area contributed by atoms with Crippen LogP contribution in [0.2, 0.25) is 0 Å². The van der Waals surface area contributed by atoms with Gasteiger partial charge in [0.25, 0.3) is 5.91 Å². The molecule has 26 heavy (non-hydrogen) atoms. The molecule has 1 aliphatic heterocycles. The number of carbonyl (C=O) groups is 1. The number of hydrogen-bond acceptors (Lipinski definition) is 4. The van der Waals surface area contributed by atoms with Gasteiger partial charge in [-0.05, 0) is 48.4 Å². The van der Waals surface area contributed by atoms with Gasteiger partial charge in [0.1, 0.15) is 0 Å². The SMILES string of the molecule is CN(Cc1cccc(C#N)c1)C(=O)c1ccc(N2CCCS2(=O)=O)cc1. The quantitative estimate of drug-likeness (QED) is 0.828. The number of benzene rings is 2. The van der Waals surface area contributed by atoms with Crippen molar-refractivity contribution in [3.05, 3.63) is 65.2 Å². The van der Waals surface area contributed by atoms with Gasteiger partial charge in [-0.25, -0.2) is 8.42 Å². The summed E-state index contributed by atoms with van der Waals surface area (Å²) < 4.78 is 25.3. The fourth-order valence-corrected chi connectivity index (χ4v) is 4.57. The zero-order valence-corrected chi connectivity index (χ0v) is 15.2. The molecule has 134 valence electrons. The van der Waals surface area contributed by atoms with Gasteiger partial charge in [0.15, 0.2) is 0 Å². The number of rotatable bonds is 4. The summed E-state index contributed by atoms with van der Waals surface area (Å²) in [4.78, 5) is 14.2. The molecule has 1 aliphatic rings. The van der Waals surface area contributed by atoms with E-state index in [0.717, 1.165) is 5.56 Å². The van der Waals surface area contributed by atoms with E-state index in [9.17, 15) is 13.2 Å². The molecule has 1 fully saturated rings. The van der Waals surface area contributed by atoms with Crippen LogP contribution in [0.15, 0.2) is 48.5 Å². The zero-order valence-electron chi connectivity index (χ0n) is 14.4. The Morgan fingerprint density at radius 1 is 1.23 bits per heavy atom. The molecule has 0 N–H and O–H groups in total. The van der Waals surface area contributed by atoms with E-state index in [2.05, 4.69) is 6.07 Å². The molecule has 0 unspecified atom stereocenters. The molecule has 1 heterocycles. The topological polar surface area (TPSA) is 81.5 Å². The molecule has 0 radical (unpaired) electrons. The Morgan fingerprint density at radius 3 is 2.58 bits per heavy atom. The molecular weight excluding hydrogens is 350 g/mol. The number of hydrogen-bond donors (Lipinski definition) is 0. The number of nitrogens with zero attached hydrogens (tertiary/aromatic N) is 3. The fourth-order valence-electron chi connectivity index (χ4n) is 3.01. The van der Waals surface area contributed by atoms with Crippen molar-refractivity contribution < 1.29 is 13.2 Å². The molecule has 0 aliphatic carbocycles. The van der Waals surface area contributed by atoms with Crippen molar-refractivity contribution in [3.8, 4) is 6.07 Å². The van der Waals surface area contributed by atoms with Crippen molar-refractivity contribution in [2.75, 3.05) is 23.7 Å². The maximum absolute atomic E-state index is 12.6. The van der Waals surface area contributed by atoms with Crippen LogP contribution in [0.4, 0.5) is 5.69 Å². The fraction of sp³-hybridized carbons (Fsp3) is 0.263. The van der Waals surface area contributed by atoms with E-state index < -0.39 is 10.0 Å². The summed E-state index contributed by atoms with van der Waals surface area (Å²) in [7, 11) is -1.53. The van der Waals surface area contributed by atoms with E-state index in [1.165, 1.54) is 4.31 Å². The summed E-state index contributed by atoms with van der Waals surface area (Å²) in [6, 6.07) is 15.8. The maximum Gasteiger partial charge on any atom is 0.253 e. The second kappa shape index (κ2) is 7.18. The molecule has 0 bridgehead atoms. The molecule has 1 saturated heterocycles. The molecule has 2 aromatic carbocycles. The third-order valence-electron chi connectivity index (χ3n) is 4.32. The first kappa shape index (κ1) is 18.0. The second-order valence-corrected chi connectivity index (χ2v) is 8.27. The lowest BCUT2D eigenvalue weighted by Crippen LogP contribution is -2.27. The molecule has 0 atom stereocenters. The number of amides is 1. The Kier molecular flexibility index (Phi) is 4.96. The first-order valence-corrected chi connectivity index (χ1v) is 9.86. The van der Waals surface area contributed by atoms with Crippen molar-refractivity contribution in [1.29, 1.82) is 5.26 Å². The first-order chi connectivity index (χ1) is 12.4. The Labute approximate surface area is 153 Å². The molecule has 0 spiro atoms. The highest BCUT2D eigenvalue weighted by molar-refractivity contribution is 7.93. The zero-order chi connectivity index (χ0) is 18.7. The Balaban J connectivity index is 1.72. The van der Waals surface area contributed by atoms with Crippen molar-refractivity contribution in [3.63, 3.8) is 0 Å². The first-order valence-electron chi connectivity index (χ1n) is 8.26. The number of nitriles is 1. The van der Waals surface area contributed by atoms with E-state index >= 15 is 0 Å². The van der Waals surface area contributed by atoms with Gasteiger partial charge in [-0.1, -0.05) is 12.1 Å². The van der Waals surface area contributed by atoms with E-state index in [1.54, 1.807) is 54.4 Å². The van der Waals surface area contributed by atoms with Crippen LogP contribution < -0.4 is 4.31 Å². The predicted molar refractivity (Wildman–Crippen MR) is 99.1 cm³/mol. The highest BCUT2D eigenvalue weighted by atomic mass is 32.2. The third-order valence-corrected chi connectivity index (χ3v) is 6.19. The van der Waals surface area contributed by atoms with Gasteiger partial charge in [0, 0.05) is 25.7 Å². The normalized spacial score (nSPS) is 15.5. The van der Waals surface area contributed by atoms with Crippen molar-refractivity contribution in [1.82, 2.24) is 4.90 Å². The van der Waals surface area contributed by atoms with Crippen LogP contribution in [-0.4, -0.2) is 38.6 Å². The summed E-state index contributed by atoms with van der Waals surface area (Å²) in [6.07, 6.45) is 0.619. The highest BCUT2D eigenvalue weighted by Crippen LogP contribution is 2.24. The number of anilines is 1. The summed E-state index contributed by atoms with van der Waals surface area (Å²) >= 11 is 0. The van der Waals surface area contributed by atoms with Crippen LogP contribution in [-0.2, 0) is 16.6 Å². The lowest BCUT2D eigenvalue weighted by molar-refractivity contribution is 0.0785. The van der Waals surface area contributed by atoms with Gasteiger partial charge >= 0.3 is 0 Å². The molecule has 3 rings (SSSR count). The van der Waals surface area contributed by atoms with Gasteiger partial charge in [-0.2, -0.15) is 5.26 Å². The van der Waals surface area contributed by atoms with E-state index in [4.69, 9.17) is 5.26 Å². The summed E-state index contributed by atoms with van der Waals surface area (Å²) in [5, 5.41) is 8.96. The molecule has 1 amide bonds. The summed E-state index contributed by atoms with van der Waals surface area (Å²) in [6.45, 7) is 0.862. The minimum absolute atomic E-state index is 0.164. The molecule has 0 saturated carbocycles. The molecular formula is C19H19N3O3S. The molecule has 7 heteroatoms. The molecule has 2 aromatic rings. The van der Waals surface area contributed by atoms with E-state index in [0.29, 0.717) is 36.3 Å². The molecule has 0 aromatic heterocycles. The van der Waals surface area contributed by atoms with Crippen LogP contribution in [0.5, 0.6) is 0 Å². The average molecular weight is 369 g/mol. The van der Waals surface area contributed by atoms with Crippen molar-refractivity contribution in [2.45, 2.75) is 13.0 Å². The van der Waals surface area contributed by atoms with Crippen LogP contribution in [0.1, 0.15) is 27.9 Å². The van der Waals surface area contributed by atoms with Gasteiger partial charge < -0.3 is 4.90 Å². The highest BCUT2D eigenvalue weighted by Gasteiger charge is 2.28.